The van der Waals surface area contributed by atoms with Gasteiger partial charge in [-0.05, 0) is 61.7 Å². The lowest BCUT2D eigenvalue weighted by molar-refractivity contribution is 0.0730. The molecule has 0 bridgehead atoms. The first-order chi connectivity index (χ1) is 17.3. The molecule has 0 radical (unpaired) electrons. The number of nitrogens with one attached hydrogen (secondary N) is 1. The van der Waals surface area contributed by atoms with Crippen LogP contribution in [0, 0.1) is 13.8 Å². The number of carbonyl (C=O) groups excluding carboxylic acids is 1. The van der Waals surface area contributed by atoms with Gasteiger partial charge in [-0.25, -0.2) is 0 Å². The fourth-order valence-electron chi connectivity index (χ4n) is 4.63. The monoisotopic (exact) mass is 503 g/mol. The van der Waals surface area contributed by atoms with Gasteiger partial charge in [0.2, 0.25) is 0 Å². The number of fused-ring (bicyclic) bond motifs is 1. The Bertz CT molecular complexity index is 1460. The number of benzene rings is 3. The highest BCUT2D eigenvalue weighted by Crippen LogP contribution is 2.47. The van der Waals surface area contributed by atoms with Crippen molar-refractivity contribution in [3.63, 3.8) is 0 Å². The number of H-pyrrole nitrogens is 1. The number of ether oxygens (including phenoxy) is 1. The number of phenolic OH excluding ortho intramolecular Hbond substituents is 2. The number of carbonyl (C=O) groups is 1. The number of nitrogens with zero attached hydrogens (tertiary/aromatic N) is 2. The largest absolute Gasteiger partial charge is 0.507 e. The van der Waals surface area contributed by atoms with Crippen molar-refractivity contribution in [2.75, 3.05) is 6.61 Å². The molecular weight excluding hydrogens is 478 g/mol. The standard InChI is InChI=1S/C28H26ClN3O4/c1-4-36-23-12-18(9-10-21(23)33)27-24-25(19-13-20(29)16(3)11-22(19)34)30-31-26(24)28(35)32(27)14-17-7-5-15(2)6-8-17/h5-13,27,33-34H,4,14H2,1-3H3,(H,30,31). The predicted molar refractivity (Wildman–Crippen MR) is 138 cm³/mol. The maximum atomic E-state index is 13.7. The third-order valence-corrected chi connectivity index (χ3v) is 6.88. The first kappa shape index (κ1) is 23.8. The minimum Gasteiger partial charge on any atom is -0.507 e. The molecule has 0 spiro atoms. The van der Waals surface area contributed by atoms with E-state index in [0.29, 0.717) is 46.4 Å². The fourth-order valence-corrected chi connectivity index (χ4v) is 4.79. The molecule has 1 aliphatic rings. The van der Waals surface area contributed by atoms with Crippen LogP contribution in [0.5, 0.6) is 17.2 Å². The Morgan fingerprint density at radius 2 is 1.81 bits per heavy atom. The van der Waals surface area contributed by atoms with Crippen molar-refractivity contribution in [2.45, 2.75) is 33.4 Å². The lowest BCUT2D eigenvalue weighted by atomic mass is 9.94. The van der Waals surface area contributed by atoms with Crippen molar-refractivity contribution in [2.24, 2.45) is 0 Å². The SMILES string of the molecule is CCOc1cc(C2c3c(-c4cc(Cl)c(C)cc4O)n[nH]c3C(=O)N2Cc2ccc(C)cc2)ccc1O. The van der Waals surface area contributed by atoms with E-state index >= 15 is 0 Å². The minimum atomic E-state index is -0.540. The zero-order valence-corrected chi connectivity index (χ0v) is 20.9. The Kier molecular flexibility index (Phi) is 6.10. The summed E-state index contributed by atoms with van der Waals surface area (Å²) in [5.74, 6) is 0.163. The van der Waals surface area contributed by atoms with E-state index in [1.165, 1.54) is 0 Å². The van der Waals surface area contributed by atoms with Crippen LogP contribution in [0.4, 0.5) is 0 Å². The van der Waals surface area contributed by atoms with Gasteiger partial charge in [-0.3, -0.25) is 9.89 Å². The van der Waals surface area contributed by atoms with E-state index in [1.807, 2.05) is 45.0 Å². The summed E-state index contributed by atoms with van der Waals surface area (Å²) in [6, 6.07) is 15.8. The van der Waals surface area contributed by atoms with Crippen LogP contribution >= 0.6 is 11.6 Å². The fraction of sp³-hybridized carbons (Fsp3) is 0.214. The summed E-state index contributed by atoms with van der Waals surface area (Å²) in [4.78, 5) is 15.4. The second-order valence-corrected chi connectivity index (χ2v) is 9.37. The van der Waals surface area contributed by atoms with E-state index in [1.54, 1.807) is 35.2 Å². The molecule has 1 atom stereocenters. The first-order valence-electron chi connectivity index (χ1n) is 11.7. The Labute approximate surface area is 213 Å². The van der Waals surface area contributed by atoms with Crippen LogP contribution in [0.25, 0.3) is 11.3 Å². The number of phenols is 2. The van der Waals surface area contributed by atoms with Crippen LogP contribution in [0.2, 0.25) is 5.02 Å². The van der Waals surface area contributed by atoms with E-state index in [2.05, 4.69) is 10.2 Å². The summed E-state index contributed by atoms with van der Waals surface area (Å²) >= 11 is 6.39. The molecule has 0 aliphatic carbocycles. The average molecular weight is 504 g/mol. The quantitative estimate of drug-likeness (QED) is 0.304. The van der Waals surface area contributed by atoms with Crippen molar-refractivity contribution in [1.82, 2.24) is 15.1 Å². The molecule has 1 aliphatic heterocycles. The summed E-state index contributed by atoms with van der Waals surface area (Å²) in [6.45, 7) is 6.40. The number of halogens is 1. The highest BCUT2D eigenvalue weighted by atomic mass is 35.5. The van der Waals surface area contributed by atoms with Crippen molar-refractivity contribution in [1.29, 1.82) is 0 Å². The number of rotatable bonds is 6. The Morgan fingerprint density at radius 1 is 1.06 bits per heavy atom. The van der Waals surface area contributed by atoms with Crippen LogP contribution in [0.1, 0.15) is 51.3 Å². The van der Waals surface area contributed by atoms with E-state index < -0.39 is 6.04 Å². The molecule has 8 heteroatoms. The van der Waals surface area contributed by atoms with Gasteiger partial charge in [-0.2, -0.15) is 5.10 Å². The zero-order valence-electron chi connectivity index (χ0n) is 20.2. The molecule has 3 N–H and O–H groups in total. The number of aromatic nitrogens is 2. The molecule has 1 aromatic heterocycles. The summed E-state index contributed by atoms with van der Waals surface area (Å²) in [5, 5.41) is 28.9. The highest BCUT2D eigenvalue weighted by Gasteiger charge is 2.42. The van der Waals surface area contributed by atoms with Gasteiger partial charge >= 0.3 is 0 Å². The molecule has 4 aromatic rings. The van der Waals surface area contributed by atoms with E-state index in [9.17, 15) is 15.0 Å². The maximum Gasteiger partial charge on any atom is 0.273 e. The number of amides is 1. The Morgan fingerprint density at radius 3 is 2.53 bits per heavy atom. The molecule has 184 valence electrons. The third kappa shape index (κ3) is 4.05. The molecule has 5 rings (SSSR count). The number of aromatic amines is 1. The molecule has 36 heavy (non-hydrogen) atoms. The zero-order chi connectivity index (χ0) is 25.6. The molecule has 1 unspecified atom stereocenters. The summed E-state index contributed by atoms with van der Waals surface area (Å²) in [7, 11) is 0. The van der Waals surface area contributed by atoms with E-state index in [4.69, 9.17) is 16.3 Å². The summed E-state index contributed by atoms with van der Waals surface area (Å²) < 4.78 is 5.63. The van der Waals surface area contributed by atoms with Gasteiger partial charge in [-0.1, -0.05) is 47.5 Å². The highest BCUT2D eigenvalue weighted by molar-refractivity contribution is 6.31. The van der Waals surface area contributed by atoms with Crippen LogP contribution in [0.3, 0.4) is 0 Å². The van der Waals surface area contributed by atoms with E-state index in [0.717, 1.165) is 22.3 Å². The Hall–Kier alpha value is -3.97. The van der Waals surface area contributed by atoms with Gasteiger partial charge in [-0.15, -0.1) is 0 Å². The molecule has 7 nitrogen and oxygen atoms in total. The Balaban J connectivity index is 1.68. The second-order valence-electron chi connectivity index (χ2n) is 8.96. The van der Waals surface area contributed by atoms with Gasteiger partial charge in [0.15, 0.2) is 11.5 Å². The van der Waals surface area contributed by atoms with Gasteiger partial charge in [0.1, 0.15) is 17.1 Å². The average Bonchev–Trinajstić information content (AvgIpc) is 3.38. The van der Waals surface area contributed by atoms with Crippen molar-refractivity contribution in [3.05, 3.63) is 93.1 Å². The molecular formula is C28H26ClN3O4. The predicted octanol–water partition coefficient (Wildman–Crippen LogP) is 5.90. The van der Waals surface area contributed by atoms with Crippen molar-refractivity contribution >= 4 is 17.5 Å². The van der Waals surface area contributed by atoms with Crippen molar-refractivity contribution in [3.8, 4) is 28.5 Å². The van der Waals surface area contributed by atoms with Crippen LogP contribution < -0.4 is 4.74 Å². The van der Waals surface area contributed by atoms with Gasteiger partial charge in [0.25, 0.3) is 5.91 Å². The normalized spacial score (nSPS) is 14.8. The molecule has 3 aromatic carbocycles. The van der Waals surface area contributed by atoms with Gasteiger partial charge < -0.3 is 19.8 Å². The lowest BCUT2D eigenvalue weighted by Crippen LogP contribution is -2.29. The van der Waals surface area contributed by atoms with Crippen LogP contribution in [-0.2, 0) is 6.54 Å². The molecule has 0 saturated carbocycles. The molecule has 0 fully saturated rings. The maximum absolute atomic E-state index is 13.7. The number of hydrogen-bond donors (Lipinski definition) is 3. The number of hydrogen-bond acceptors (Lipinski definition) is 5. The molecule has 0 saturated heterocycles. The minimum absolute atomic E-state index is 0.0191. The lowest BCUT2D eigenvalue weighted by Gasteiger charge is -2.27. The summed E-state index contributed by atoms with van der Waals surface area (Å²) in [5.41, 5.74) is 5.45. The second kappa shape index (κ2) is 9.24. The molecule has 1 amide bonds. The number of aryl methyl sites for hydroxylation is 2. The van der Waals surface area contributed by atoms with E-state index in [-0.39, 0.29) is 17.4 Å². The third-order valence-electron chi connectivity index (χ3n) is 6.47. The summed E-state index contributed by atoms with van der Waals surface area (Å²) in [6.07, 6.45) is 0. The van der Waals surface area contributed by atoms with Crippen LogP contribution in [-0.4, -0.2) is 37.8 Å². The smallest absolute Gasteiger partial charge is 0.273 e. The first-order valence-corrected chi connectivity index (χ1v) is 12.1. The van der Waals surface area contributed by atoms with Gasteiger partial charge in [0, 0.05) is 22.7 Å². The topological polar surface area (TPSA) is 98.7 Å². The molecule has 2 heterocycles. The van der Waals surface area contributed by atoms with Crippen LogP contribution in [0.15, 0.2) is 54.6 Å². The number of aromatic hydroxyl groups is 2. The van der Waals surface area contributed by atoms with Gasteiger partial charge in [0.05, 0.1) is 12.6 Å². The van der Waals surface area contributed by atoms with Crippen molar-refractivity contribution < 1.29 is 19.7 Å².